The average molecular weight is 404 g/mol. The summed E-state index contributed by atoms with van der Waals surface area (Å²) in [6.07, 6.45) is 1.40. The van der Waals surface area contributed by atoms with Crippen LogP contribution >= 0.6 is 11.6 Å². The lowest BCUT2D eigenvalue weighted by Gasteiger charge is -2.25. The predicted molar refractivity (Wildman–Crippen MR) is 105 cm³/mol. The van der Waals surface area contributed by atoms with Crippen molar-refractivity contribution in [3.8, 4) is 0 Å². The number of sulfonamides is 1. The molecule has 0 saturated carbocycles. The normalized spacial score (nSPS) is 20.3. The van der Waals surface area contributed by atoms with Crippen molar-refractivity contribution in [3.63, 3.8) is 0 Å². The largest absolute Gasteiger partial charge is 0.343 e. The Hall–Kier alpha value is -2.38. The Kier molecular flexibility index (Phi) is 4.44. The van der Waals surface area contributed by atoms with Crippen LogP contribution in [0.15, 0.2) is 51.8 Å². The number of amidine groups is 1. The Labute approximate surface area is 162 Å². The van der Waals surface area contributed by atoms with Gasteiger partial charge in [-0.25, -0.2) is 0 Å². The van der Waals surface area contributed by atoms with Gasteiger partial charge in [0.15, 0.2) is 5.84 Å². The quantitative estimate of drug-likeness (QED) is 0.835. The van der Waals surface area contributed by atoms with Crippen molar-refractivity contribution < 1.29 is 13.2 Å². The number of carbonyl (C=O) groups is 1. The van der Waals surface area contributed by atoms with Crippen LogP contribution in [-0.2, 0) is 14.8 Å². The number of hydrogen-bond donors (Lipinski definition) is 1. The molecule has 1 fully saturated rings. The molecule has 2 aromatic rings. The highest BCUT2D eigenvalue weighted by molar-refractivity contribution is 7.90. The van der Waals surface area contributed by atoms with Crippen molar-refractivity contribution in [1.29, 1.82) is 0 Å². The number of likely N-dealkylation sites (tertiary alicyclic amines) is 1. The van der Waals surface area contributed by atoms with Gasteiger partial charge in [0.05, 0.1) is 10.7 Å². The lowest BCUT2D eigenvalue weighted by Crippen LogP contribution is -2.43. The summed E-state index contributed by atoms with van der Waals surface area (Å²) < 4.78 is 28.6. The van der Waals surface area contributed by atoms with Crippen LogP contribution in [-0.4, -0.2) is 37.6 Å². The van der Waals surface area contributed by atoms with Gasteiger partial charge in [-0.3, -0.25) is 4.79 Å². The first kappa shape index (κ1) is 18.0. The fraction of sp³-hybridized carbons (Fsp3) is 0.263. The van der Waals surface area contributed by atoms with Crippen LogP contribution in [0.4, 0.5) is 5.69 Å². The van der Waals surface area contributed by atoms with Gasteiger partial charge in [-0.2, -0.15) is 8.42 Å². The SMILES string of the molecule is Cc1ccc(NC(=O)C2CCCN2C2=NS(=O)(=O)c3ccccc32)c(Cl)c1. The first-order valence-corrected chi connectivity index (χ1v) is 10.5. The van der Waals surface area contributed by atoms with Crippen molar-refractivity contribution in [2.75, 3.05) is 11.9 Å². The van der Waals surface area contributed by atoms with E-state index in [9.17, 15) is 13.2 Å². The minimum Gasteiger partial charge on any atom is -0.343 e. The van der Waals surface area contributed by atoms with E-state index in [1.165, 1.54) is 0 Å². The summed E-state index contributed by atoms with van der Waals surface area (Å²) >= 11 is 6.22. The Bertz CT molecular complexity index is 1070. The number of anilines is 1. The topological polar surface area (TPSA) is 78.8 Å². The van der Waals surface area contributed by atoms with Crippen molar-refractivity contribution in [2.24, 2.45) is 4.40 Å². The molecule has 0 bridgehead atoms. The zero-order valence-corrected chi connectivity index (χ0v) is 16.2. The summed E-state index contributed by atoms with van der Waals surface area (Å²) in [5.74, 6) is 0.126. The van der Waals surface area contributed by atoms with Crippen LogP contribution < -0.4 is 5.32 Å². The zero-order chi connectivity index (χ0) is 19.2. The van der Waals surface area contributed by atoms with Gasteiger partial charge in [-0.1, -0.05) is 29.8 Å². The van der Waals surface area contributed by atoms with E-state index in [2.05, 4.69) is 9.71 Å². The Balaban J connectivity index is 1.62. The number of fused-ring (bicyclic) bond motifs is 1. The van der Waals surface area contributed by atoms with E-state index in [0.717, 1.165) is 12.0 Å². The van der Waals surface area contributed by atoms with E-state index in [1.807, 2.05) is 13.0 Å². The highest BCUT2D eigenvalue weighted by atomic mass is 35.5. The third kappa shape index (κ3) is 3.21. The number of benzene rings is 2. The summed E-state index contributed by atoms with van der Waals surface area (Å²) in [6.45, 7) is 2.49. The number of amides is 1. The standard InChI is InChI=1S/C19H18ClN3O3S/c1-12-8-9-15(14(20)11-12)21-19(24)16-6-4-10-23(16)18-13-5-2-3-7-17(13)27(25,26)22-18/h2-3,5,7-9,11,16H,4,6,10H2,1H3,(H,21,24). The van der Waals surface area contributed by atoms with Gasteiger partial charge in [0, 0.05) is 12.1 Å². The molecule has 1 amide bonds. The number of halogens is 1. The predicted octanol–water partition coefficient (Wildman–Crippen LogP) is 3.20. The summed E-state index contributed by atoms with van der Waals surface area (Å²) in [5.41, 5.74) is 2.09. The molecule has 140 valence electrons. The number of carbonyl (C=O) groups excluding carboxylic acids is 1. The molecule has 0 radical (unpaired) electrons. The van der Waals surface area contributed by atoms with Gasteiger partial charge in [-0.15, -0.1) is 4.40 Å². The van der Waals surface area contributed by atoms with Gasteiger partial charge >= 0.3 is 0 Å². The van der Waals surface area contributed by atoms with Crippen LogP contribution in [0.3, 0.4) is 0 Å². The van der Waals surface area contributed by atoms with Crippen LogP contribution in [0.5, 0.6) is 0 Å². The van der Waals surface area contributed by atoms with E-state index in [0.29, 0.717) is 35.1 Å². The molecular weight excluding hydrogens is 386 g/mol. The minimum atomic E-state index is -3.72. The average Bonchev–Trinajstić information content (AvgIpc) is 3.21. The van der Waals surface area contributed by atoms with Crippen LogP contribution in [0, 0.1) is 6.92 Å². The molecule has 2 aliphatic heterocycles. The van der Waals surface area contributed by atoms with Gasteiger partial charge < -0.3 is 10.2 Å². The van der Waals surface area contributed by atoms with E-state index in [-0.39, 0.29) is 10.8 Å². The molecule has 8 heteroatoms. The van der Waals surface area contributed by atoms with E-state index in [1.54, 1.807) is 41.3 Å². The first-order valence-electron chi connectivity index (χ1n) is 8.65. The molecule has 1 N–H and O–H groups in total. The minimum absolute atomic E-state index is 0.188. The molecule has 1 atom stereocenters. The molecule has 2 aliphatic rings. The molecule has 2 aromatic carbocycles. The molecule has 2 heterocycles. The highest BCUT2D eigenvalue weighted by Crippen LogP contribution is 2.32. The molecule has 1 saturated heterocycles. The van der Waals surface area contributed by atoms with Gasteiger partial charge in [-0.05, 0) is 49.6 Å². The van der Waals surface area contributed by atoms with Crippen LogP contribution in [0.2, 0.25) is 5.02 Å². The second-order valence-electron chi connectivity index (χ2n) is 6.71. The number of aryl methyl sites for hydroxylation is 1. The fourth-order valence-electron chi connectivity index (χ4n) is 3.53. The lowest BCUT2D eigenvalue weighted by molar-refractivity contribution is -0.119. The third-order valence-corrected chi connectivity index (χ3v) is 6.46. The molecule has 0 spiro atoms. The monoisotopic (exact) mass is 403 g/mol. The molecule has 1 unspecified atom stereocenters. The number of nitrogens with one attached hydrogen (secondary N) is 1. The van der Waals surface area contributed by atoms with Crippen LogP contribution in [0.1, 0.15) is 24.0 Å². The van der Waals surface area contributed by atoms with Gasteiger partial charge in [0.25, 0.3) is 10.0 Å². The van der Waals surface area contributed by atoms with Crippen molar-refractivity contribution >= 4 is 39.1 Å². The summed E-state index contributed by atoms with van der Waals surface area (Å²) in [4.78, 5) is 14.8. The smallest absolute Gasteiger partial charge is 0.285 e. The molecule has 6 nitrogen and oxygen atoms in total. The molecular formula is C19H18ClN3O3S. The zero-order valence-electron chi connectivity index (χ0n) is 14.6. The van der Waals surface area contributed by atoms with Gasteiger partial charge in [0.2, 0.25) is 5.91 Å². The first-order chi connectivity index (χ1) is 12.9. The van der Waals surface area contributed by atoms with Crippen molar-refractivity contribution in [3.05, 3.63) is 58.6 Å². The van der Waals surface area contributed by atoms with Crippen molar-refractivity contribution in [2.45, 2.75) is 30.7 Å². The second-order valence-corrected chi connectivity index (χ2v) is 8.69. The number of hydrogen-bond acceptors (Lipinski definition) is 4. The second kappa shape index (κ2) is 6.65. The molecule has 4 rings (SSSR count). The highest BCUT2D eigenvalue weighted by Gasteiger charge is 2.39. The third-order valence-electron chi connectivity index (χ3n) is 4.82. The number of nitrogens with zero attached hydrogens (tertiary/aromatic N) is 2. The maximum Gasteiger partial charge on any atom is 0.285 e. The Morgan fingerprint density at radius 3 is 2.81 bits per heavy atom. The molecule has 27 heavy (non-hydrogen) atoms. The Morgan fingerprint density at radius 1 is 1.26 bits per heavy atom. The van der Waals surface area contributed by atoms with Gasteiger partial charge in [0.1, 0.15) is 10.9 Å². The molecule has 0 aliphatic carbocycles. The van der Waals surface area contributed by atoms with E-state index < -0.39 is 16.1 Å². The lowest BCUT2D eigenvalue weighted by atomic mass is 10.1. The fourth-order valence-corrected chi connectivity index (χ4v) is 5.03. The summed E-state index contributed by atoms with van der Waals surface area (Å²) in [5, 5.41) is 3.33. The maximum atomic E-state index is 12.9. The molecule has 0 aromatic heterocycles. The maximum absolute atomic E-state index is 12.9. The van der Waals surface area contributed by atoms with Crippen LogP contribution in [0.25, 0.3) is 0 Å². The van der Waals surface area contributed by atoms with E-state index >= 15 is 0 Å². The Morgan fingerprint density at radius 2 is 2.04 bits per heavy atom. The number of rotatable bonds is 2. The van der Waals surface area contributed by atoms with E-state index in [4.69, 9.17) is 11.6 Å². The van der Waals surface area contributed by atoms with Crippen molar-refractivity contribution in [1.82, 2.24) is 4.90 Å². The summed E-state index contributed by atoms with van der Waals surface area (Å²) in [6, 6.07) is 11.6. The summed E-state index contributed by atoms with van der Waals surface area (Å²) in [7, 11) is -3.72.